The van der Waals surface area contributed by atoms with Gasteiger partial charge in [-0.2, -0.15) is 10.1 Å². The number of piperazine rings is 1. The number of nitrogens with two attached hydrogens (primary N) is 1. The van der Waals surface area contributed by atoms with Gasteiger partial charge in [-0.3, -0.25) is 9.82 Å². The zero-order chi connectivity index (χ0) is 30.4. The molecule has 0 saturated carbocycles. The number of hydrogen-bond acceptors (Lipinski definition) is 12. The van der Waals surface area contributed by atoms with Crippen molar-refractivity contribution in [3.8, 4) is 17.0 Å². The summed E-state index contributed by atoms with van der Waals surface area (Å²) >= 11 is 0. The monoisotopic (exact) mass is 616 g/mol. The van der Waals surface area contributed by atoms with Crippen LogP contribution in [0.1, 0.15) is 0 Å². The van der Waals surface area contributed by atoms with Crippen molar-refractivity contribution in [1.29, 1.82) is 0 Å². The number of aromatic amines is 1. The fourth-order valence-corrected chi connectivity index (χ4v) is 6.31. The molecule has 6 aromatic rings. The molecule has 7 rings (SSSR count). The fourth-order valence-electron chi connectivity index (χ4n) is 5.22. The number of fused-ring (bicyclic) bond motifs is 2. The molecule has 224 valence electrons. The van der Waals surface area contributed by atoms with Crippen molar-refractivity contribution in [2.75, 3.05) is 53.5 Å². The predicted molar refractivity (Wildman–Crippen MR) is 162 cm³/mol. The molecule has 44 heavy (non-hydrogen) atoms. The van der Waals surface area contributed by atoms with Gasteiger partial charge in [0.25, 0.3) is 16.0 Å². The SMILES string of the molecule is COc1cnc(N2CCN(c3ncnc4n[nH]c(-c5ccc6oc(N)nc6c5)c34)CC2)cc1NS(=O)(=O)c1cccc(F)c1. The van der Waals surface area contributed by atoms with Crippen molar-refractivity contribution < 1.29 is 22.0 Å². The lowest BCUT2D eigenvalue weighted by Gasteiger charge is -2.36. The van der Waals surface area contributed by atoms with E-state index in [1.165, 1.54) is 37.8 Å². The lowest BCUT2D eigenvalue weighted by Crippen LogP contribution is -2.47. The van der Waals surface area contributed by atoms with Gasteiger partial charge in [0.15, 0.2) is 17.0 Å². The van der Waals surface area contributed by atoms with Gasteiger partial charge in [-0.1, -0.05) is 6.07 Å². The number of oxazole rings is 1. The second kappa shape index (κ2) is 10.6. The zero-order valence-corrected chi connectivity index (χ0v) is 24.0. The van der Waals surface area contributed by atoms with Crippen LogP contribution >= 0.6 is 0 Å². The van der Waals surface area contributed by atoms with E-state index in [4.69, 9.17) is 14.9 Å². The molecule has 0 spiro atoms. The molecular formula is C28H25FN10O4S. The minimum absolute atomic E-state index is 0.0935. The van der Waals surface area contributed by atoms with Crippen molar-refractivity contribution >= 4 is 55.5 Å². The summed E-state index contributed by atoms with van der Waals surface area (Å²) in [6, 6.07) is 12.0. The molecular weight excluding hydrogens is 591 g/mol. The number of benzene rings is 2. The van der Waals surface area contributed by atoms with Crippen LogP contribution in [-0.2, 0) is 10.0 Å². The number of anilines is 4. The van der Waals surface area contributed by atoms with E-state index in [9.17, 15) is 12.8 Å². The average Bonchev–Trinajstić information content (AvgIpc) is 3.63. The molecule has 4 aromatic heterocycles. The van der Waals surface area contributed by atoms with Crippen LogP contribution in [0.15, 0.2) is 70.4 Å². The van der Waals surface area contributed by atoms with Crippen molar-refractivity contribution in [3.63, 3.8) is 0 Å². The maximum absolute atomic E-state index is 13.7. The number of H-pyrrole nitrogens is 1. The Balaban J connectivity index is 1.13. The highest BCUT2D eigenvalue weighted by atomic mass is 32.2. The summed E-state index contributed by atoms with van der Waals surface area (Å²) in [5, 5.41) is 8.26. The summed E-state index contributed by atoms with van der Waals surface area (Å²) in [5.41, 5.74) is 9.22. The molecule has 2 aromatic carbocycles. The van der Waals surface area contributed by atoms with Gasteiger partial charge in [0, 0.05) is 37.8 Å². The summed E-state index contributed by atoms with van der Waals surface area (Å²) in [6.07, 6.45) is 2.94. The normalized spacial score (nSPS) is 14.0. The van der Waals surface area contributed by atoms with E-state index in [0.717, 1.165) is 28.5 Å². The Bertz CT molecular complexity index is 2130. The molecule has 16 heteroatoms. The molecule has 4 N–H and O–H groups in total. The summed E-state index contributed by atoms with van der Waals surface area (Å²) in [4.78, 5) is 21.7. The lowest BCUT2D eigenvalue weighted by molar-refractivity contribution is 0.415. The van der Waals surface area contributed by atoms with Gasteiger partial charge >= 0.3 is 0 Å². The number of nitrogens with zero attached hydrogens (tertiary/aromatic N) is 7. The van der Waals surface area contributed by atoms with Gasteiger partial charge in [0.1, 0.15) is 29.3 Å². The van der Waals surface area contributed by atoms with Crippen LogP contribution in [0.25, 0.3) is 33.4 Å². The molecule has 0 amide bonds. The molecule has 5 heterocycles. The smallest absolute Gasteiger partial charge is 0.292 e. The van der Waals surface area contributed by atoms with Crippen LogP contribution in [0.5, 0.6) is 5.75 Å². The quantitative estimate of drug-likeness (QED) is 0.238. The van der Waals surface area contributed by atoms with Gasteiger partial charge in [-0.05, 0) is 36.4 Å². The molecule has 14 nitrogen and oxygen atoms in total. The average molecular weight is 617 g/mol. The molecule has 0 bridgehead atoms. The topological polar surface area (TPSA) is 181 Å². The molecule has 0 unspecified atom stereocenters. The number of methoxy groups -OCH3 is 1. The Morgan fingerprint density at radius 3 is 2.66 bits per heavy atom. The third-order valence-electron chi connectivity index (χ3n) is 7.35. The van der Waals surface area contributed by atoms with Gasteiger partial charge in [-0.15, -0.1) is 0 Å². The van der Waals surface area contributed by atoms with Crippen LogP contribution in [-0.4, -0.2) is 71.8 Å². The van der Waals surface area contributed by atoms with Crippen molar-refractivity contribution in [2.45, 2.75) is 4.90 Å². The molecule has 1 saturated heterocycles. The summed E-state index contributed by atoms with van der Waals surface area (Å²) < 4.78 is 52.9. The highest BCUT2D eigenvalue weighted by Gasteiger charge is 2.25. The second-order valence-electron chi connectivity index (χ2n) is 10.0. The van der Waals surface area contributed by atoms with Gasteiger partial charge in [-0.25, -0.2) is 27.8 Å². The van der Waals surface area contributed by atoms with Crippen LogP contribution in [0.3, 0.4) is 0 Å². The highest BCUT2D eigenvalue weighted by Crippen LogP contribution is 2.35. The van der Waals surface area contributed by atoms with E-state index in [2.05, 4.69) is 39.8 Å². The first kappa shape index (κ1) is 27.3. The largest absolute Gasteiger partial charge is 0.493 e. The molecule has 0 aliphatic carbocycles. The summed E-state index contributed by atoms with van der Waals surface area (Å²) in [7, 11) is -2.66. The Morgan fingerprint density at radius 1 is 1.05 bits per heavy atom. The maximum Gasteiger partial charge on any atom is 0.292 e. The third-order valence-corrected chi connectivity index (χ3v) is 8.71. The minimum atomic E-state index is -4.08. The minimum Gasteiger partial charge on any atom is -0.493 e. The highest BCUT2D eigenvalue weighted by molar-refractivity contribution is 7.92. The molecule has 1 aliphatic heterocycles. The number of nitrogens with one attached hydrogen (secondary N) is 2. The van der Waals surface area contributed by atoms with E-state index >= 15 is 0 Å². The number of nitrogen functional groups attached to an aromatic ring is 1. The van der Waals surface area contributed by atoms with Gasteiger partial charge in [0.2, 0.25) is 0 Å². The number of aromatic nitrogens is 6. The summed E-state index contributed by atoms with van der Waals surface area (Å²) in [6.45, 7) is 2.32. The third kappa shape index (κ3) is 4.94. The van der Waals surface area contributed by atoms with E-state index in [1.807, 2.05) is 17.0 Å². The Hall–Kier alpha value is -5.51. The Kier molecular flexibility index (Phi) is 6.61. The zero-order valence-electron chi connectivity index (χ0n) is 23.2. The molecule has 1 fully saturated rings. The van der Waals surface area contributed by atoms with Crippen molar-refractivity contribution in [2.24, 2.45) is 0 Å². The number of hydrogen-bond donors (Lipinski definition) is 3. The first-order valence-electron chi connectivity index (χ1n) is 13.5. The van der Waals surface area contributed by atoms with Gasteiger partial charge in [0.05, 0.1) is 35.0 Å². The van der Waals surface area contributed by atoms with Crippen LogP contribution in [0.4, 0.5) is 27.7 Å². The predicted octanol–water partition coefficient (Wildman–Crippen LogP) is 3.41. The van der Waals surface area contributed by atoms with E-state index in [-0.39, 0.29) is 22.3 Å². The number of sulfonamides is 1. The number of rotatable bonds is 7. The van der Waals surface area contributed by atoms with Gasteiger partial charge < -0.3 is 24.7 Å². The number of halogens is 1. The molecule has 0 radical (unpaired) electrons. The Labute approximate surface area is 249 Å². The number of ether oxygens (including phenoxy) is 1. The number of pyridine rings is 1. The first-order chi connectivity index (χ1) is 21.3. The van der Waals surface area contributed by atoms with E-state index < -0.39 is 15.8 Å². The summed E-state index contributed by atoms with van der Waals surface area (Å²) in [5.74, 6) is 0.858. The maximum atomic E-state index is 13.7. The fraction of sp³-hybridized carbons (Fsp3) is 0.179. The second-order valence-corrected chi connectivity index (χ2v) is 11.7. The lowest BCUT2D eigenvalue weighted by atomic mass is 10.1. The first-order valence-corrected chi connectivity index (χ1v) is 15.0. The molecule has 1 aliphatic rings. The van der Waals surface area contributed by atoms with E-state index in [0.29, 0.717) is 48.7 Å². The Morgan fingerprint density at radius 2 is 1.86 bits per heavy atom. The standard InChI is InChI=1S/C28H25FN10O4S/c1-42-22-14-31-23(13-20(22)37-44(40,41)18-4-2-3-17(29)12-18)38-7-9-39(10-8-38)27-24-25(35-36-26(24)32-15-33-27)16-5-6-21-19(11-16)34-28(30)43-21/h2-6,11-15H,7-10H2,1H3,(H2,30,34)(H,31,37)(H,32,33,35,36). The molecule has 0 atom stereocenters. The van der Waals surface area contributed by atoms with Crippen molar-refractivity contribution in [3.05, 3.63) is 66.9 Å². The van der Waals surface area contributed by atoms with Crippen molar-refractivity contribution in [1.82, 2.24) is 30.1 Å². The van der Waals surface area contributed by atoms with Crippen LogP contribution in [0, 0.1) is 5.82 Å². The van der Waals surface area contributed by atoms with Crippen LogP contribution < -0.4 is 25.0 Å². The van der Waals surface area contributed by atoms with Crippen LogP contribution in [0.2, 0.25) is 0 Å². The van der Waals surface area contributed by atoms with E-state index in [1.54, 1.807) is 12.1 Å².